The number of benzene rings is 2. The molecule has 2 rings (SSSR count). The zero-order chi connectivity index (χ0) is 13.8. The summed E-state index contributed by atoms with van der Waals surface area (Å²) in [6, 6.07) is 12.8. The molecule has 19 heavy (non-hydrogen) atoms. The average molecular weight is 275 g/mol. The molecule has 4 heteroatoms. The Bertz CT molecular complexity index is 611. The van der Waals surface area contributed by atoms with Crippen molar-refractivity contribution in [2.45, 2.75) is 13.3 Å². The number of carbonyl (C=O) groups excluding carboxylic acids is 1. The van der Waals surface area contributed by atoms with Gasteiger partial charge in [0.1, 0.15) is 0 Å². The van der Waals surface area contributed by atoms with Gasteiger partial charge in [-0.25, -0.2) is 0 Å². The summed E-state index contributed by atoms with van der Waals surface area (Å²) in [6.45, 7) is 1.95. The van der Waals surface area contributed by atoms with Crippen LogP contribution in [0, 0.1) is 6.92 Å². The van der Waals surface area contributed by atoms with Crippen molar-refractivity contribution in [1.82, 2.24) is 0 Å². The van der Waals surface area contributed by atoms with Gasteiger partial charge in [0.05, 0.1) is 17.8 Å². The van der Waals surface area contributed by atoms with Crippen LogP contribution in [0.15, 0.2) is 42.5 Å². The lowest BCUT2D eigenvalue weighted by molar-refractivity contribution is -0.115. The lowest BCUT2D eigenvalue weighted by Gasteiger charge is -2.09. The van der Waals surface area contributed by atoms with Gasteiger partial charge in [-0.2, -0.15) is 0 Å². The first-order valence-electron chi connectivity index (χ1n) is 5.95. The monoisotopic (exact) mass is 274 g/mol. The molecule has 2 aromatic carbocycles. The SMILES string of the molecule is Cc1ccc(NC(=O)Cc2cccc(Cl)c2)c(N)c1. The summed E-state index contributed by atoms with van der Waals surface area (Å²) < 4.78 is 0. The highest BCUT2D eigenvalue weighted by Gasteiger charge is 2.06. The van der Waals surface area contributed by atoms with E-state index < -0.39 is 0 Å². The molecule has 0 bridgehead atoms. The van der Waals surface area contributed by atoms with Crippen LogP contribution >= 0.6 is 11.6 Å². The highest BCUT2D eigenvalue weighted by molar-refractivity contribution is 6.30. The van der Waals surface area contributed by atoms with E-state index in [2.05, 4.69) is 5.32 Å². The van der Waals surface area contributed by atoms with Gasteiger partial charge in [-0.1, -0.05) is 29.8 Å². The van der Waals surface area contributed by atoms with Gasteiger partial charge in [0.15, 0.2) is 0 Å². The first kappa shape index (κ1) is 13.4. The number of carbonyl (C=O) groups is 1. The lowest BCUT2D eigenvalue weighted by Crippen LogP contribution is -2.15. The van der Waals surface area contributed by atoms with E-state index in [9.17, 15) is 4.79 Å². The van der Waals surface area contributed by atoms with Gasteiger partial charge in [0.25, 0.3) is 0 Å². The fourth-order valence-electron chi connectivity index (χ4n) is 1.82. The first-order valence-corrected chi connectivity index (χ1v) is 6.33. The van der Waals surface area contributed by atoms with E-state index in [-0.39, 0.29) is 12.3 Å². The number of hydrogen-bond acceptors (Lipinski definition) is 2. The minimum absolute atomic E-state index is 0.113. The van der Waals surface area contributed by atoms with Crippen molar-refractivity contribution >= 4 is 28.9 Å². The van der Waals surface area contributed by atoms with Crippen LogP contribution in [0.3, 0.4) is 0 Å². The number of nitrogen functional groups attached to an aromatic ring is 1. The Kier molecular flexibility index (Phi) is 4.07. The predicted octanol–water partition coefficient (Wildman–Crippen LogP) is 3.41. The number of aryl methyl sites for hydroxylation is 1. The van der Waals surface area contributed by atoms with Crippen molar-refractivity contribution in [2.75, 3.05) is 11.1 Å². The number of rotatable bonds is 3. The van der Waals surface area contributed by atoms with Gasteiger partial charge < -0.3 is 11.1 Å². The summed E-state index contributed by atoms with van der Waals surface area (Å²) in [7, 11) is 0. The van der Waals surface area contributed by atoms with E-state index in [1.807, 2.05) is 31.2 Å². The number of nitrogens with two attached hydrogens (primary N) is 1. The molecule has 0 radical (unpaired) electrons. The van der Waals surface area contributed by atoms with Gasteiger partial charge >= 0.3 is 0 Å². The standard InChI is InChI=1S/C15H15ClN2O/c1-10-5-6-14(13(17)7-10)18-15(19)9-11-3-2-4-12(16)8-11/h2-8H,9,17H2,1H3,(H,18,19). The second-order valence-corrected chi connectivity index (χ2v) is 4.88. The van der Waals surface area contributed by atoms with Crippen LogP contribution in [-0.4, -0.2) is 5.91 Å². The predicted molar refractivity (Wildman–Crippen MR) is 79.4 cm³/mol. The van der Waals surface area contributed by atoms with Crippen molar-refractivity contribution in [3.63, 3.8) is 0 Å². The Hall–Kier alpha value is -2.00. The number of amides is 1. The smallest absolute Gasteiger partial charge is 0.228 e. The quantitative estimate of drug-likeness (QED) is 0.843. The van der Waals surface area contributed by atoms with Crippen LogP contribution in [-0.2, 0) is 11.2 Å². The van der Waals surface area contributed by atoms with E-state index in [1.54, 1.807) is 18.2 Å². The normalized spacial score (nSPS) is 10.2. The van der Waals surface area contributed by atoms with Crippen LogP contribution in [0.2, 0.25) is 5.02 Å². The van der Waals surface area contributed by atoms with Gasteiger partial charge in [-0.3, -0.25) is 4.79 Å². The molecule has 0 spiro atoms. The molecule has 0 atom stereocenters. The molecule has 0 fully saturated rings. The zero-order valence-corrected chi connectivity index (χ0v) is 11.4. The number of halogens is 1. The molecule has 0 unspecified atom stereocenters. The van der Waals surface area contributed by atoms with E-state index in [1.165, 1.54) is 0 Å². The Labute approximate surface area is 117 Å². The summed E-state index contributed by atoms with van der Waals surface area (Å²) in [6.07, 6.45) is 0.272. The van der Waals surface area contributed by atoms with Crippen molar-refractivity contribution in [3.8, 4) is 0 Å². The molecule has 0 saturated heterocycles. The first-order chi connectivity index (χ1) is 9.04. The van der Waals surface area contributed by atoms with E-state index in [0.717, 1.165) is 11.1 Å². The van der Waals surface area contributed by atoms with Gasteiger partial charge in [0.2, 0.25) is 5.91 Å². The van der Waals surface area contributed by atoms with Crippen LogP contribution in [0.1, 0.15) is 11.1 Å². The molecule has 2 aromatic rings. The Balaban J connectivity index is 2.05. The molecular weight excluding hydrogens is 260 g/mol. The summed E-state index contributed by atoms with van der Waals surface area (Å²) in [4.78, 5) is 11.9. The Morgan fingerprint density at radius 2 is 2.05 bits per heavy atom. The molecule has 3 nitrogen and oxygen atoms in total. The second kappa shape index (κ2) is 5.76. The van der Waals surface area contributed by atoms with Crippen molar-refractivity contribution in [2.24, 2.45) is 0 Å². The maximum Gasteiger partial charge on any atom is 0.228 e. The van der Waals surface area contributed by atoms with Crippen LogP contribution in [0.25, 0.3) is 0 Å². The molecule has 0 aliphatic carbocycles. The van der Waals surface area contributed by atoms with E-state index in [0.29, 0.717) is 16.4 Å². The molecule has 1 amide bonds. The third-order valence-corrected chi connectivity index (χ3v) is 2.97. The Morgan fingerprint density at radius 3 is 2.74 bits per heavy atom. The summed E-state index contributed by atoms with van der Waals surface area (Å²) >= 11 is 5.88. The number of anilines is 2. The maximum absolute atomic E-state index is 11.9. The van der Waals surface area contributed by atoms with Crippen molar-refractivity contribution in [3.05, 3.63) is 58.6 Å². The average Bonchev–Trinajstić information content (AvgIpc) is 2.33. The summed E-state index contributed by atoms with van der Waals surface area (Å²) in [5.41, 5.74) is 8.99. The van der Waals surface area contributed by atoms with Gasteiger partial charge in [-0.15, -0.1) is 0 Å². The fraction of sp³-hybridized carbons (Fsp3) is 0.133. The molecule has 0 aliphatic rings. The largest absolute Gasteiger partial charge is 0.397 e. The molecular formula is C15H15ClN2O. The maximum atomic E-state index is 11.9. The fourth-order valence-corrected chi connectivity index (χ4v) is 2.04. The van der Waals surface area contributed by atoms with E-state index in [4.69, 9.17) is 17.3 Å². The third kappa shape index (κ3) is 3.73. The molecule has 0 saturated carbocycles. The summed E-state index contributed by atoms with van der Waals surface area (Å²) in [5.74, 6) is -0.113. The van der Waals surface area contributed by atoms with Crippen molar-refractivity contribution < 1.29 is 4.79 Å². The zero-order valence-electron chi connectivity index (χ0n) is 10.6. The Morgan fingerprint density at radius 1 is 1.26 bits per heavy atom. The van der Waals surface area contributed by atoms with Crippen LogP contribution < -0.4 is 11.1 Å². The molecule has 0 heterocycles. The molecule has 98 valence electrons. The minimum atomic E-state index is -0.113. The lowest BCUT2D eigenvalue weighted by atomic mass is 10.1. The van der Waals surface area contributed by atoms with Crippen molar-refractivity contribution in [1.29, 1.82) is 0 Å². The van der Waals surface area contributed by atoms with Crippen LogP contribution in [0.4, 0.5) is 11.4 Å². The molecule has 3 N–H and O–H groups in total. The number of nitrogens with one attached hydrogen (secondary N) is 1. The third-order valence-electron chi connectivity index (χ3n) is 2.73. The molecule has 0 aromatic heterocycles. The van der Waals surface area contributed by atoms with Gasteiger partial charge in [-0.05, 0) is 42.3 Å². The number of hydrogen-bond donors (Lipinski definition) is 2. The topological polar surface area (TPSA) is 55.1 Å². The van der Waals surface area contributed by atoms with Gasteiger partial charge in [0, 0.05) is 5.02 Å². The van der Waals surface area contributed by atoms with Crippen LogP contribution in [0.5, 0.6) is 0 Å². The highest BCUT2D eigenvalue weighted by atomic mass is 35.5. The minimum Gasteiger partial charge on any atom is -0.397 e. The summed E-state index contributed by atoms with van der Waals surface area (Å²) in [5, 5.41) is 3.42. The second-order valence-electron chi connectivity index (χ2n) is 4.45. The highest BCUT2D eigenvalue weighted by Crippen LogP contribution is 2.20. The molecule has 0 aliphatic heterocycles. The van der Waals surface area contributed by atoms with E-state index >= 15 is 0 Å².